The average Bonchev–Trinajstić information content (AvgIpc) is 3.37. The summed E-state index contributed by atoms with van der Waals surface area (Å²) in [4.78, 5) is 29.5. The molecule has 4 atom stereocenters. The highest BCUT2D eigenvalue weighted by atomic mass is 19.3. The highest BCUT2D eigenvalue weighted by Crippen LogP contribution is 2.53. The number of carbonyl (C=O) groups excluding carboxylic acids is 1. The number of hydrogen-bond acceptors (Lipinski definition) is 8. The minimum absolute atomic E-state index is 0.177. The number of nitrogens with zero attached hydrogens (tertiary/aromatic N) is 2. The lowest BCUT2D eigenvalue weighted by Crippen LogP contribution is -2.53. The molecule has 5 aromatic rings. The molecular weight excluding hydrogens is 636 g/mol. The van der Waals surface area contributed by atoms with Crippen molar-refractivity contribution in [2.24, 2.45) is 0 Å². The minimum Gasteiger partial charge on any atom is -0.496 e. The van der Waals surface area contributed by atoms with Crippen molar-refractivity contribution in [1.82, 2.24) is 9.55 Å². The van der Waals surface area contributed by atoms with Gasteiger partial charge in [-0.15, -0.1) is 0 Å². The van der Waals surface area contributed by atoms with E-state index in [0.29, 0.717) is 38.3 Å². The molecule has 4 aromatic carbocycles. The zero-order valence-electron chi connectivity index (χ0n) is 26.4. The van der Waals surface area contributed by atoms with E-state index in [1.54, 1.807) is 109 Å². The van der Waals surface area contributed by atoms with E-state index in [1.165, 1.54) is 14.2 Å². The smallest absolute Gasteiger partial charge is 0.351 e. The third-order valence-corrected chi connectivity index (χ3v) is 8.73. The van der Waals surface area contributed by atoms with Crippen LogP contribution in [0.2, 0.25) is 0 Å². The van der Waals surface area contributed by atoms with Crippen molar-refractivity contribution < 1.29 is 38.0 Å². The van der Waals surface area contributed by atoms with Crippen LogP contribution < -0.4 is 20.5 Å². The van der Waals surface area contributed by atoms with E-state index in [1.807, 2.05) is 0 Å². The summed E-state index contributed by atoms with van der Waals surface area (Å²) in [7, 11) is 2.89. The van der Waals surface area contributed by atoms with Crippen molar-refractivity contribution >= 4 is 11.7 Å². The van der Waals surface area contributed by atoms with E-state index in [4.69, 9.17) is 14.2 Å². The van der Waals surface area contributed by atoms with Crippen LogP contribution in [0, 0.1) is 0 Å². The Morgan fingerprint density at radius 3 is 1.96 bits per heavy atom. The maximum absolute atomic E-state index is 16.1. The van der Waals surface area contributed by atoms with E-state index in [9.17, 15) is 19.8 Å². The second-order valence-electron chi connectivity index (χ2n) is 11.4. The molecule has 0 radical (unpaired) electrons. The highest BCUT2D eigenvalue weighted by Gasteiger charge is 2.65. The number of anilines is 1. The fraction of sp³-hybridized carbons (Fsp3) is 0.216. The second kappa shape index (κ2) is 13.6. The molecule has 0 saturated carbocycles. The molecule has 1 amide bonds. The number of aromatic nitrogens is 2. The molecule has 1 fully saturated rings. The Morgan fingerprint density at radius 2 is 1.41 bits per heavy atom. The van der Waals surface area contributed by atoms with Gasteiger partial charge in [0.15, 0.2) is 6.10 Å². The quantitative estimate of drug-likeness (QED) is 0.181. The minimum atomic E-state index is -4.09. The summed E-state index contributed by atoms with van der Waals surface area (Å²) in [6, 6.07) is 31.6. The van der Waals surface area contributed by atoms with Crippen molar-refractivity contribution in [3.05, 3.63) is 154 Å². The number of benzene rings is 4. The normalized spacial score (nSPS) is 19.2. The molecule has 2 heterocycles. The van der Waals surface area contributed by atoms with Crippen molar-refractivity contribution in [3.8, 4) is 11.5 Å². The van der Waals surface area contributed by atoms with Gasteiger partial charge < -0.3 is 29.7 Å². The summed E-state index contributed by atoms with van der Waals surface area (Å²) in [6.07, 6.45) is -7.88. The van der Waals surface area contributed by atoms with E-state index in [-0.39, 0.29) is 5.82 Å². The number of amides is 1. The van der Waals surface area contributed by atoms with E-state index < -0.39 is 47.5 Å². The number of aliphatic hydroxyl groups is 2. The van der Waals surface area contributed by atoms with Gasteiger partial charge in [0.05, 0.1) is 19.6 Å². The van der Waals surface area contributed by atoms with Crippen LogP contribution in [0.3, 0.4) is 0 Å². The maximum atomic E-state index is 16.1. The summed E-state index contributed by atoms with van der Waals surface area (Å²) in [5.74, 6) is -4.18. The summed E-state index contributed by atoms with van der Waals surface area (Å²) < 4.78 is 50.0. The van der Waals surface area contributed by atoms with Gasteiger partial charge in [-0.05, 0) is 35.9 Å². The summed E-state index contributed by atoms with van der Waals surface area (Å²) in [6.45, 7) is 0. The molecule has 0 aliphatic carbocycles. The Hall–Kier alpha value is -5.43. The SMILES string of the molecule is COc1ccccc1C(c1ccccc1)(c1ccccc1OC)C(O)[C@H]1O[C@@H](n2ccc(NC(=O)c3ccccc3)nc2=O)C(F)(F)[C@@H]1O. The molecule has 3 N–H and O–H groups in total. The topological polar surface area (TPSA) is 132 Å². The molecule has 1 aromatic heterocycles. The predicted octanol–water partition coefficient (Wildman–Crippen LogP) is 4.80. The van der Waals surface area contributed by atoms with Crippen LogP contribution in [0.1, 0.15) is 33.3 Å². The van der Waals surface area contributed by atoms with Crippen molar-refractivity contribution in [3.63, 3.8) is 0 Å². The second-order valence-corrected chi connectivity index (χ2v) is 11.4. The molecule has 1 aliphatic rings. The van der Waals surface area contributed by atoms with Gasteiger partial charge in [-0.3, -0.25) is 9.36 Å². The molecular formula is C37H33F2N3O7. The third kappa shape index (κ3) is 5.84. The summed E-state index contributed by atoms with van der Waals surface area (Å²) in [5.41, 5.74) is -1.41. The number of rotatable bonds is 10. The van der Waals surface area contributed by atoms with Crippen molar-refractivity contribution in [2.75, 3.05) is 19.5 Å². The Balaban J connectivity index is 1.46. The maximum Gasteiger partial charge on any atom is 0.351 e. The van der Waals surface area contributed by atoms with E-state index in [0.717, 1.165) is 12.3 Å². The van der Waals surface area contributed by atoms with E-state index >= 15 is 8.78 Å². The van der Waals surface area contributed by atoms with Gasteiger partial charge in [0.2, 0.25) is 6.23 Å². The molecule has 10 nitrogen and oxygen atoms in total. The van der Waals surface area contributed by atoms with Crippen LogP contribution in [0.4, 0.5) is 14.6 Å². The molecule has 0 spiro atoms. The number of nitrogens with one attached hydrogen (secondary N) is 1. The molecule has 12 heteroatoms. The van der Waals surface area contributed by atoms with Crippen molar-refractivity contribution in [1.29, 1.82) is 0 Å². The molecule has 1 aliphatic heterocycles. The molecule has 1 saturated heterocycles. The standard InChI is InChI=1S/C37H33F2N3O7/c1-47-27-19-11-9-17-25(27)36(24-15-7-4-8-16-24,26-18-10-12-20-28(26)48-2)31(43)30-32(44)37(38,39)34(49-30)42-22-21-29(41-35(42)46)40-33(45)23-13-5-3-6-14-23/h3-22,30-32,34,43-44H,1-2H3,(H,40,41,45,46)/t30-,31?,32-,34-/m1/s1. The first kappa shape index (κ1) is 33.5. The van der Waals surface area contributed by atoms with Crippen molar-refractivity contribution in [2.45, 2.75) is 35.9 Å². The number of methoxy groups -OCH3 is 2. The number of carbonyl (C=O) groups is 1. The van der Waals surface area contributed by atoms with Crippen LogP contribution in [0.5, 0.6) is 11.5 Å². The number of hydrogen-bond donors (Lipinski definition) is 3. The van der Waals surface area contributed by atoms with Crippen LogP contribution >= 0.6 is 0 Å². The third-order valence-electron chi connectivity index (χ3n) is 8.73. The van der Waals surface area contributed by atoms with Gasteiger partial charge in [0.25, 0.3) is 5.91 Å². The van der Waals surface area contributed by atoms with Gasteiger partial charge >= 0.3 is 11.6 Å². The largest absolute Gasteiger partial charge is 0.496 e. The lowest BCUT2D eigenvalue weighted by Gasteiger charge is -2.43. The van der Waals surface area contributed by atoms with Gasteiger partial charge in [-0.1, -0.05) is 84.9 Å². The monoisotopic (exact) mass is 669 g/mol. The van der Waals surface area contributed by atoms with Crippen LogP contribution in [-0.4, -0.2) is 64.1 Å². The first-order valence-corrected chi connectivity index (χ1v) is 15.3. The number of ether oxygens (including phenoxy) is 3. The molecule has 252 valence electrons. The van der Waals surface area contributed by atoms with Crippen LogP contribution in [0.25, 0.3) is 0 Å². The Bertz CT molecular complexity index is 1940. The number of halogens is 2. The number of aliphatic hydroxyl groups excluding tert-OH is 2. The average molecular weight is 670 g/mol. The van der Waals surface area contributed by atoms with E-state index in [2.05, 4.69) is 10.3 Å². The van der Waals surface area contributed by atoms with Gasteiger partial charge in [0.1, 0.15) is 29.5 Å². The molecule has 1 unspecified atom stereocenters. The zero-order chi connectivity index (χ0) is 34.8. The fourth-order valence-corrected chi connectivity index (χ4v) is 6.45. The Kier molecular flexibility index (Phi) is 9.28. The summed E-state index contributed by atoms with van der Waals surface area (Å²) >= 11 is 0. The predicted molar refractivity (Wildman–Crippen MR) is 176 cm³/mol. The fourth-order valence-electron chi connectivity index (χ4n) is 6.45. The first-order valence-electron chi connectivity index (χ1n) is 15.3. The number of para-hydroxylation sites is 2. The lowest BCUT2D eigenvalue weighted by atomic mass is 9.63. The van der Waals surface area contributed by atoms with Crippen LogP contribution in [0.15, 0.2) is 126 Å². The van der Waals surface area contributed by atoms with Gasteiger partial charge in [-0.25, -0.2) is 4.79 Å². The first-order chi connectivity index (χ1) is 23.6. The van der Waals surface area contributed by atoms with Gasteiger partial charge in [-0.2, -0.15) is 13.8 Å². The highest BCUT2D eigenvalue weighted by molar-refractivity contribution is 6.03. The number of alkyl halides is 2. The Morgan fingerprint density at radius 1 is 0.878 bits per heavy atom. The van der Waals surface area contributed by atoms with Crippen LogP contribution in [-0.2, 0) is 10.2 Å². The zero-order valence-corrected chi connectivity index (χ0v) is 26.4. The molecule has 49 heavy (non-hydrogen) atoms. The van der Waals surface area contributed by atoms with Gasteiger partial charge in [0, 0.05) is 22.9 Å². The lowest BCUT2D eigenvalue weighted by molar-refractivity contribution is -0.141. The molecule has 0 bridgehead atoms. The molecule has 6 rings (SSSR count). The summed E-state index contributed by atoms with van der Waals surface area (Å²) in [5, 5.41) is 26.3. The Labute approximate surface area is 280 Å².